The van der Waals surface area contributed by atoms with Crippen LogP contribution < -0.4 is 5.32 Å². The molecule has 1 atom stereocenters. The Kier molecular flexibility index (Phi) is 4.92. The fourth-order valence-corrected chi connectivity index (χ4v) is 2.76. The van der Waals surface area contributed by atoms with Crippen LogP contribution >= 0.6 is 0 Å². The molecule has 0 saturated heterocycles. The number of carbonyl (C=O) groups excluding carboxylic acids is 1. The highest BCUT2D eigenvalue weighted by Gasteiger charge is 2.16. The van der Waals surface area contributed by atoms with Crippen molar-refractivity contribution in [3.05, 3.63) is 54.5 Å². The molecule has 2 heterocycles. The van der Waals surface area contributed by atoms with Gasteiger partial charge in [0.25, 0.3) is 5.91 Å². The number of imidazole rings is 1. The first-order valence-corrected chi connectivity index (χ1v) is 8.35. The maximum Gasteiger partial charge on any atom is 0.251 e. The van der Waals surface area contributed by atoms with Crippen LogP contribution in [0.1, 0.15) is 42.5 Å². The van der Waals surface area contributed by atoms with Gasteiger partial charge in [-0.2, -0.15) is 5.10 Å². The number of amides is 1. The lowest BCUT2D eigenvalue weighted by Crippen LogP contribution is -2.29. The number of carbonyl (C=O) groups is 1. The minimum absolute atomic E-state index is 0.130. The van der Waals surface area contributed by atoms with Gasteiger partial charge in [0.05, 0.1) is 24.3 Å². The third-order valence-electron chi connectivity index (χ3n) is 4.08. The molecule has 0 unspecified atom stereocenters. The quantitative estimate of drug-likeness (QED) is 0.749. The highest BCUT2D eigenvalue weighted by atomic mass is 16.1. The van der Waals surface area contributed by atoms with E-state index in [2.05, 4.69) is 27.3 Å². The number of nitrogens with zero attached hydrogens (tertiary/aromatic N) is 5. The van der Waals surface area contributed by atoms with E-state index in [0.29, 0.717) is 5.56 Å². The number of aromatic nitrogens is 5. The van der Waals surface area contributed by atoms with E-state index >= 15 is 0 Å². The molecular weight excluding hydrogens is 316 g/mol. The van der Waals surface area contributed by atoms with Gasteiger partial charge < -0.3 is 9.88 Å². The summed E-state index contributed by atoms with van der Waals surface area (Å²) < 4.78 is 3.77. The lowest BCUT2D eigenvalue weighted by atomic mass is 10.1. The van der Waals surface area contributed by atoms with Crippen LogP contribution in [0.5, 0.6) is 0 Å². The van der Waals surface area contributed by atoms with Gasteiger partial charge >= 0.3 is 0 Å². The van der Waals surface area contributed by atoms with Gasteiger partial charge in [0.15, 0.2) is 0 Å². The molecule has 0 fully saturated rings. The first-order chi connectivity index (χ1) is 12.1. The van der Waals surface area contributed by atoms with Crippen LogP contribution in [0.25, 0.3) is 11.3 Å². The van der Waals surface area contributed by atoms with Crippen molar-refractivity contribution in [3.63, 3.8) is 0 Å². The zero-order valence-corrected chi connectivity index (χ0v) is 14.7. The van der Waals surface area contributed by atoms with Crippen LogP contribution in [0, 0.1) is 0 Å². The summed E-state index contributed by atoms with van der Waals surface area (Å²) in [6, 6.07) is 7.28. The first-order valence-electron chi connectivity index (χ1n) is 8.35. The highest BCUT2D eigenvalue weighted by molar-refractivity contribution is 5.94. The van der Waals surface area contributed by atoms with Crippen LogP contribution in [-0.2, 0) is 13.6 Å². The summed E-state index contributed by atoms with van der Waals surface area (Å²) in [7, 11) is 1.94. The molecule has 1 aromatic carbocycles. The van der Waals surface area contributed by atoms with Crippen molar-refractivity contribution in [2.24, 2.45) is 7.05 Å². The van der Waals surface area contributed by atoms with Gasteiger partial charge in [-0.25, -0.2) is 14.6 Å². The van der Waals surface area contributed by atoms with E-state index in [-0.39, 0.29) is 11.9 Å². The molecule has 130 valence electrons. The van der Waals surface area contributed by atoms with E-state index in [4.69, 9.17) is 0 Å². The van der Waals surface area contributed by atoms with Crippen molar-refractivity contribution in [3.8, 4) is 11.3 Å². The molecule has 0 saturated carbocycles. The van der Waals surface area contributed by atoms with Crippen molar-refractivity contribution in [1.29, 1.82) is 0 Å². The predicted octanol–water partition coefficient (Wildman–Crippen LogP) is 2.58. The van der Waals surface area contributed by atoms with Crippen molar-refractivity contribution < 1.29 is 4.79 Å². The van der Waals surface area contributed by atoms with E-state index in [1.165, 1.54) is 6.33 Å². The molecule has 1 N–H and O–H groups in total. The van der Waals surface area contributed by atoms with Gasteiger partial charge in [-0.1, -0.05) is 19.1 Å². The van der Waals surface area contributed by atoms with E-state index in [0.717, 1.165) is 30.0 Å². The zero-order chi connectivity index (χ0) is 17.8. The van der Waals surface area contributed by atoms with Crippen LogP contribution in [0.4, 0.5) is 0 Å². The number of nitrogens with one attached hydrogen (secondary N) is 1. The average molecular weight is 338 g/mol. The molecule has 2 aromatic heterocycles. The summed E-state index contributed by atoms with van der Waals surface area (Å²) in [5, 5.41) is 7.18. The fourth-order valence-electron chi connectivity index (χ4n) is 2.76. The number of benzene rings is 1. The number of rotatable bonds is 6. The highest BCUT2D eigenvalue weighted by Crippen LogP contribution is 2.19. The summed E-state index contributed by atoms with van der Waals surface area (Å²) in [6.45, 7) is 4.78. The molecule has 0 aliphatic rings. The maximum absolute atomic E-state index is 12.5. The fraction of sp³-hybridized carbons (Fsp3) is 0.333. The average Bonchev–Trinajstić information content (AvgIpc) is 3.24. The topological polar surface area (TPSA) is 77.6 Å². The number of aryl methyl sites for hydroxylation is 2. The normalized spacial score (nSPS) is 12.1. The van der Waals surface area contributed by atoms with E-state index in [1.54, 1.807) is 12.5 Å². The standard InChI is InChI=1S/C18H22N6O/c1-4-9-24-17(20-11-21-24)13(2)22-18(25)15-7-5-14(6-8-15)16-10-19-12-23(16)3/h5-8,10-13H,4,9H2,1-3H3,(H,22,25)/t13-/m1/s1. The number of hydrogen-bond acceptors (Lipinski definition) is 4. The molecule has 3 rings (SSSR count). The second kappa shape index (κ2) is 7.29. The Labute approximate surface area is 146 Å². The monoisotopic (exact) mass is 338 g/mol. The molecule has 0 aliphatic heterocycles. The van der Waals surface area contributed by atoms with Crippen LogP contribution in [0.2, 0.25) is 0 Å². The van der Waals surface area contributed by atoms with Crippen molar-refractivity contribution in [1.82, 2.24) is 29.6 Å². The smallest absolute Gasteiger partial charge is 0.251 e. The second-order valence-corrected chi connectivity index (χ2v) is 6.00. The van der Waals surface area contributed by atoms with Gasteiger partial charge in [0.1, 0.15) is 12.2 Å². The van der Waals surface area contributed by atoms with Crippen LogP contribution in [0.3, 0.4) is 0 Å². The zero-order valence-electron chi connectivity index (χ0n) is 14.7. The molecule has 0 bridgehead atoms. The molecule has 3 aromatic rings. The van der Waals surface area contributed by atoms with Crippen molar-refractivity contribution >= 4 is 5.91 Å². The Morgan fingerprint density at radius 1 is 1.28 bits per heavy atom. The maximum atomic E-state index is 12.5. The molecule has 1 amide bonds. The number of hydrogen-bond donors (Lipinski definition) is 1. The third-order valence-corrected chi connectivity index (χ3v) is 4.08. The van der Waals surface area contributed by atoms with Crippen molar-refractivity contribution in [2.75, 3.05) is 0 Å². The van der Waals surface area contributed by atoms with Gasteiger partial charge in [-0.15, -0.1) is 0 Å². The van der Waals surface area contributed by atoms with E-state index in [9.17, 15) is 4.79 Å². The Balaban J connectivity index is 1.71. The van der Waals surface area contributed by atoms with Crippen LogP contribution in [-0.4, -0.2) is 30.2 Å². The lowest BCUT2D eigenvalue weighted by molar-refractivity contribution is 0.0937. The molecule has 7 nitrogen and oxygen atoms in total. The van der Waals surface area contributed by atoms with Gasteiger partial charge in [0, 0.05) is 19.2 Å². The van der Waals surface area contributed by atoms with Gasteiger partial charge in [0.2, 0.25) is 0 Å². The predicted molar refractivity (Wildman–Crippen MR) is 94.8 cm³/mol. The van der Waals surface area contributed by atoms with Gasteiger partial charge in [-0.05, 0) is 31.0 Å². The van der Waals surface area contributed by atoms with E-state index < -0.39 is 0 Å². The first kappa shape index (κ1) is 16.9. The molecule has 0 spiro atoms. The largest absolute Gasteiger partial charge is 0.342 e. The molecular formula is C18H22N6O. The minimum atomic E-state index is -0.210. The molecule has 0 aliphatic carbocycles. The second-order valence-electron chi connectivity index (χ2n) is 6.00. The molecule has 7 heteroatoms. The SMILES string of the molecule is CCCn1ncnc1[C@@H](C)NC(=O)c1ccc(-c2cncn2C)cc1. The molecule has 0 radical (unpaired) electrons. The lowest BCUT2D eigenvalue weighted by Gasteiger charge is -2.14. The summed E-state index contributed by atoms with van der Waals surface area (Å²) in [5.41, 5.74) is 2.64. The summed E-state index contributed by atoms with van der Waals surface area (Å²) in [5.74, 6) is 0.636. The van der Waals surface area contributed by atoms with Crippen molar-refractivity contribution in [2.45, 2.75) is 32.9 Å². The van der Waals surface area contributed by atoms with Crippen LogP contribution in [0.15, 0.2) is 43.1 Å². The van der Waals surface area contributed by atoms with Gasteiger partial charge in [-0.3, -0.25) is 4.79 Å². The summed E-state index contributed by atoms with van der Waals surface area (Å²) in [6.07, 6.45) is 6.05. The minimum Gasteiger partial charge on any atom is -0.342 e. The Morgan fingerprint density at radius 2 is 2.04 bits per heavy atom. The Hall–Kier alpha value is -2.96. The third kappa shape index (κ3) is 3.60. The molecule has 25 heavy (non-hydrogen) atoms. The Morgan fingerprint density at radius 3 is 2.68 bits per heavy atom. The Bertz CT molecular complexity index is 849. The summed E-state index contributed by atoms with van der Waals surface area (Å²) >= 11 is 0. The summed E-state index contributed by atoms with van der Waals surface area (Å²) in [4.78, 5) is 20.9. The van der Waals surface area contributed by atoms with E-state index in [1.807, 2.05) is 47.5 Å².